The van der Waals surface area contributed by atoms with Crippen molar-refractivity contribution in [1.82, 2.24) is 13.7 Å². The van der Waals surface area contributed by atoms with Crippen LogP contribution >= 0.6 is 0 Å². The van der Waals surface area contributed by atoms with E-state index in [1.54, 1.807) is 29.9 Å². The van der Waals surface area contributed by atoms with Crippen LogP contribution in [-0.4, -0.2) is 13.7 Å². The molecule has 4 aromatic rings. The molecule has 0 fully saturated rings. The van der Waals surface area contributed by atoms with E-state index in [0.717, 1.165) is 15.7 Å². The molecule has 27 heavy (non-hydrogen) atoms. The van der Waals surface area contributed by atoms with Gasteiger partial charge in [0.1, 0.15) is 5.82 Å². The van der Waals surface area contributed by atoms with Crippen molar-refractivity contribution < 1.29 is 4.39 Å². The summed E-state index contributed by atoms with van der Waals surface area (Å²) in [5, 5.41) is 0.424. The first-order chi connectivity index (χ1) is 12.9. The van der Waals surface area contributed by atoms with Gasteiger partial charge in [-0.2, -0.15) is 0 Å². The number of fused-ring (bicyclic) bond motifs is 1. The molecule has 0 aliphatic carbocycles. The Balaban J connectivity index is 2.21. The van der Waals surface area contributed by atoms with Gasteiger partial charge in [-0.1, -0.05) is 35.9 Å². The zero-order valence-electron chi connectivity index (χ0n) is 15.2. The second-order valence-electron chi connectivity index (χ2n) is 6.66. The van der Waals surface area contributed by atoms with E-state index >= 15 is 0 Å². The highest BCUT2D eigenvalue weighted by atomic mass is 19.1. The van der Waals surface area contributed by atoms with Crippen molar-refractivity contribution in [2.24, 2.45) is 14.1 Å². The van der Waals surface area contributed by atoms with Crippen molar-refractivity contribution in [1.29, 1.82) is 0 Å². The Labute approximate surface area is 154 Å². The topological polar surface area (TPSA) is 48.9 Å². The zero-order chi connectivity index (χ0) is 19.3. The average molecular weight is 363 g/mol. The molecule has 0 unspecified atom stereocenters. The van der Waals surface area contributed by atoms with Crippen LogP contribution in [0.3, 0.4) is 0 Å². The van der Waals surface area contributed by atoms with Gasteiger partial charge in [-0.3, -0.25) is 13.9 Å². The lowest BCUT2D eigenvalue weighted by Crippen LogP contribution is -2.36. The number of aryl methyl sites for hydroxylation is 2. The predicted octanol–water partition coefficient (Wildman–Crippen LogP) is 3.14. The maximum absolute atomic E-state index is 13.8. The standard InChI is InChI=1S/C21H18FN3O2/c1-13-7-9-14(10-8-13)19-18-17(23(2)21(27)24(3)20(18)26)12-25(19)16-6-4-5-15(22)11-16/h4-12H,1-3H3. The summed E-state index contributed by atoms with van der Waals surface area (Å²) >= 11 is 0. The fraction of sp³-hybridized carbons (Fsp3) is 0.143. The lowest BCUT2D eigenvalue weighted by atomic mass is 10.1. The zero-order valence-corrected chi connectivity index (χ0v) is 15.2. The fourth-order valence-corrected chi connectivity index (χ4v) is 3.37. The molecule has 0 N–H and O–H groups in total. The number of hydrogen-bond acceptors (Lipinski definition) is 2. The van der Waals surface area contributed by atoms with Crippen LogP contribution in [0.1, 0.15) is 5.56 Å². The van der Waals surface area contributed by atoms with E-state index in [2.05, 4.69) is 0 Å². The van der Waals surface area contributed by atoms with Gasteiger partial charge in [-0.25, -0.2) is 9.18 Å². The molecule has 6 heteroatoms. The molecule has 2 aromatic heterocycles. The number of aromatic nitrogens is 3. The van der Waals surface area contributed by atoms with Gasteiger partial charge in [0.25, 0.3) is 5.56 Å². The second kappa shape index (κ2) is 6.09. The maximum Gasteiger partial charge on any atom is 0.330 e. The van der Waals surface area contributed by atoms with Crippen LogP contribution < -0.4 is 11.2 Å². The summed E-state index contributed by atoms with van der Waals surface area (Å²) < 4.78 is 18.1. The third kappa shape index (κ3) is 2.61. The molecule has 136 valence electrons. The molecule has 0 saturated heterocycles. The van der Waals surface area contributed by atoms with Gasteiger partial charge in [-0.05, 0) is 30.7 Å². The van der Waals surface area contributed by atoms with Crippen LogP contribution in [-0.2, 0) is 14.1 Å². The van der Waals surface area contributed by atoms with E-state index in [-0.39, 0.29) is 11.4 Å². The van der Waals surface area contributed by atoms with Crippen molar-refractivity contribution in [2.75, 3.05) is 0 Å². The smallest absolute Gasteiger partial charge is 0.313 e. The summed E-state index contributed by atoms with van der Waals surface area (Å²) in [6.45, 7) is 1.98. The minimum absolute atomic E-state index is 0.373. The molecular weight excluding hydrogens is 345 g/mol. The Kier molecular flexibility index (Phi) is 3.84. The minimum Gasteiger partial charge on any atom is -0.313 e. The lowest BCUT2D eigenvalue weighted by molar-refractivity contribution is 0.626. The van der Waals surface area contributed by atoms with Crippen molar-refractivity contribution in [3.05, 3.63) is 86.9 Å². The largest absolute Gasteiger partial charge is 0.330 e. The van der Waals surface area contributed by atoms with Gasteiger partial charge in [0.15, 0.2) is 0 Å². The number of hydrogen-bond donors (Lipinski definition) is 0. The third-order valence-electron chi connectivity index (χ3n) is 4.85. The number of benzene rings is 2. The van der Waals surface area contributed by atoms with Crippen molar-refractivity contribution in [3.63, 3.8) is 0 Å². The monoisotopic (exact) mass is 363 g/mol. The fourth-order valence-electron chi connectivity index (χ4n) is 3.37. The highest BCUT2D eigenvalue weighted by Gasteiger charge is 2.20. The van der Waals surface area contributed by atoms with Crippen LogP contribution in [0.2, 0.25) is 0 Å². The van der Waals surface area contributed by atoms with Gasteiger partial charge in [0.05, 0.1) is 16.6 Å². The quantitative estimate of drug-likeness (QED) is 0.549. The van der Waals surface area contributed by atoms with Crippen LogP contribution in [0.4, 0.5) is 4.39 Å². The number of halogens is 1. The Morgan fingerprint density at radius 3 is 2.30 bits per heavy atom. The van der Waals surface area contributed by atoms with E-state index in [0.29, 0.717) is 22.3 Å². The van der Waals surface area contributed by atoms with Gasteiger partial charge < -0.3 is 4.57 Å². The molecule has 0 radical (unpaired) electrons. The maximum atomic E-state index is 13.8. The molecule has 2 heterocycles. The van der Waals surface area contributed by atoms with Gasteiger partial charge in [0, 0.05) is 26.0 Å². The van der Waals surface area contributed by atoms with Crippen LogP contribution in [0.25, 0.3) is 27.8 Å². The minimum atomic E-state index is -0.403. The summed E-state index contributed by atoms with van der Waals surface area (Å²) in [5.74, 6) is -0.373. The Morgan fingerprint density at radius 1 is 0.926 bits per heavy atom. The van der Waals surface area contributed by atoms with Gasteiger partial charge in [0.2, 0.25) is 0 Å². The molecule has 0 aliphatic rings. The van der Waals surface area contributed by atoms with E-state index in [4.69, 9.17) is 0 Å². The molecule has 0 bridgehead atoms. The Hall–Kier alpha value is -3.41. The SMILES string of the molecule is Cc1ccc(-c2c3c(=O)n(C)c(=O)n(C)c3cn2-c2cccc(F)c2)cc1. The molecule has 0 spiro atoms. The first-order valence-corrected chi connectivity index (χ1v) is 8.52. The average Bonchev–Trinajstić information content (AvgIpc) is 3.06. The van der Waals surface area contributed by atoms with Crippen molar-refractivity contribution in [3.8, 4) is 16.9 Å². The van der Waals surface area contributed by atoms with E-state index in [9.17, 15) is 14.0 Å². The third-order valence-corrected chi connectivity index (χ3v) is 4.85. The van der Waals surface area contributed by atoms with Crippen LogP contribution in [0, 0.1) is 12.7 Å². The van der Waals surface area contributed by atoms with E-state index < -0.39 is 5.69 Å². The van der Waals surface area contributed by atoms with Crippen LogP contribution in [0.5, 0.6) is 0 Å². The highest BCUT2D eigenvalue weighted by Crippen LogP contribution is 2.31. The number of nitrogens with zero attached hydrogens (tertiary/aromatic N) is 3. The van der Waals surface area contributed by atoms with Crippen LogP contribution in [0.15, 0.2) is 64.3 Å². The second-order valence-corrected chi connectivity index (χ2v) is 6.66. The molecular formula is C21H18FN3O2. The summed E-state index contributed by atoms with van der Waals surface area (Å²) in [4.78, 5) is 25.3. The molecule has 4 rings (SSSR count). The first-order valence-electron chi connectivity index (χ1n) is 8.52. The molecule has 0 amide bonds. The van der Waals surface area contributed by atoms with Crippen molar-refractivity contribution >= 4 is 10.9 Å². The molecule has 0 saturated carbocycles. The first kappa shape index (κ1) is 17.0. The normalized spacial score (nSPS) is 11.3. The van der Waals surface area contributed by atoms with Gasteiger partial charge in [-0.15, -0.1) is 0 Å². The summed E-state index contributed by atoms with van der Waals surface area (Å²) in [6.07, 6.45) is 1.71. The summed E-state index contributed by atoms with van der Waals surface area (Å²) in [5.41, 5.74) is 2.84. The van der Waals surface area contributed by atoms with E-state index in [1.165, 1.54) is 23.7 Å². The van der Waals surface area contributed by atoms with Crippen molar-refractivity contribution in [2.45, 2.75) is 6.92 Å². The highest BCUT2D eigenvalue weighted by molar-refractivity contribution is 5.94. The molecule has 5 nitrogen and oxygen atoms in total. The predicted molar refractivity (Wildman–Crippen MR) is 104 cm³/mol. The van der Waals surface area contributed by atoms with Gasteiger partial charge >= 0.3 is 5.69 Å². The summed E-state index contributed by atoms with van der Waals surface area (Å²) in [6, 6.07) is 13.9. The summed E-state index contributed by atoms with van der Waals surface area (Å²) in [7, 11) is 3.08. The lowest BCUT2D eigenvalue weighted by Gasteiger charge is -2.10. The Bertz CT molecular complexity index is 1290. The molecule has 0 aliphatic heterocycles. The molecule has 2 aromatic carbocycles. The number of rotatable bonds is 2. The van der Waals surface area contributed by atoms with E-state index in [1.807, 2.05) is 31.2 Å². The Morgan fingerprint density at radius 2 is 1.63 bits per heavy atom. The molecule has 0 atom stereocenters.